The lowest BCUT2D eigenvalue weighted by atomic mass is 10.1. The van der Waals surface area contributed by atoms with Gasteiger partial charge in [0.1, 0.15) is 25.7 Å². The van der Waals surface area contributed by atoms with Gasteiger partial charge in [0.25, 0.3) is 10.0 Å². The average Bonchev–Trinajstić information content (AvgIpc) is 3.63. The molecule has 0 bridgehead atoms. The number of benzene rings is 4. The molecule has 0 radical (unpaired) electrons. The van der Waals surface area contributed by atoms with Crippen LogP contribution in [0.1, 0.15) is 11.4 Å². The number of nitrogens with zero attached hydrogens (tertiary/aromatic N) is 1. The number of H-pyrrole nitrogens is 1. The third kappa shape index (κ3) is 5.87. The van der Waals surface area contributed by atoms with E-state index in [9.17, 15) is 16.8 Å². The molecule has 0 atom stereocenters. The molecule has 0 fully saturated rings. The van der Waals surface area contributed by atoms with Crippen molar-refractivity contribution in [2.24, 2.45) is 0 Å². The van der Waals surface area contributed by atoms with E-state index in [1.54, 1.807) is 36.4 Å². The first-order valence-electron chi connectivity index (χ1n) is 12.5. The molecule has 41 heavy (non-hydrogen) atoms. The molecule has 8 nitrogen and oxygen atoms in total. The van der Waals surface area contributed by atoms with Gasteiger partial charge in [-0.05, 0) is 72.3 Å². The van der Waals surface area contributed by atoms with Gasteiger partial charge in [0.15, 0.2) is 0 Å². The lowest BCUT2D eigenvalue weighted by Gasteiger charge is -2.06. The summed E-state index contributed by atoms with van der Waals surface area (Å²) in [5, 5.41) is 0. The van der Waals surface area contributed by atoms with Crippen LogP contribution < -0.4 is 9.46 Å². The number of aromatic nitrogens is 2. The van der Waals surface area contributed by atoms with Gasteiger partial charge in [-0.3, -0.25) is 4.72 Å². The predicted molar refractivity (Wildman–Crippen MR) is 159 cm³/mol. The molecular formula is C30H23N3O5S3. The number of thiophene rings is 1. The number of ether oxygens (including phenoxy) is 1. The second kappa shape index (κ2) is 10.8. The first kappa shape index (κ1) is 26.8. The number of nitrogens with one attached hydrogen (secondary N) is 2. The maximum Gasteiger partial charge on any atom is 0.271 e. The van der Waals surface area contributed by atoms with E-state index in [0.29, 0.717) is 34.5 Å². The van der Waals surface area contributed by atoms with Crippen molar-refractivity contribution < 1.29 is 21.6 Å². The molecule has 0 aliphatic rings. The molecule has 0 amide bonds. The van der Waals surface area contributed by atoms with E-state index in [-0.39, 0.29) is 13.3 Å². The topological polar surface area (TPSA) is 118 Å². The standard InChI is InChI=1S/C30H23N3O5S3/c34-40(35,25-9-5-2-6-10-25)29-17-18-30(39-29)41(36,37)33-22-13-16-26-27(20-22)32-28(31-26)19-21-11-14-24(15-12-21)38-23-7-3-1-4-8-23/h1-18,20,33H,19H2,(H,31,32). The second-order valence-corrected chi connectivity index (χ2v) is 14.3. The number of aromatic amines is 1. The molecule has 0 aliphatic carbocycles. The third-order valence-corrected chi connectivity index (χ3v) is 11.4. The molecule has 6 rings (SSSR count). The number of rotatable bonds is 9. The van der Waals surface area contributed by atoms with Gasteiger partial charge in [-0.15, -0.1) is 11.3 Å². The van der Waals surface area contributed by atoms with Crippen molar-refractivity contribution in [3.05, 3.63) is 127 Å². The lowest BCUT2D eigenvalue weighted by molar-refractivity contribution is 0.482. The zero-order valence-corrected chi connectivity index (χ0v) is 23.8. The molecular weight excluding hydrogens is 579 g/mol. The maximum absolute atomic E-state index is 13.1. The number of fused-ring (bicyclic) bond motifs is 1. The number of hydrogen-bond donors (Lipinski definition) is 2. The zero-order valence-electron chi connectivity index (χ0n) is 21.4. The fourth-order valence-corrected chi connectivity index (χ4v) is 8.46. The Labute approximate surface area is 241 Å². The largest absolute Gasteiger partial charge is 0.457 e. The third-order valence-electron chi connectivity index (χ3n) is 6.20. The van der Waals surface area contributed by atoms with Gasteiger partial charge in [0.2, 0.25) is 9.84 Å². The van der Waals surface area contributed by atoms with Crippen LogP contribution >= 0.6 is 11.3 Å². The SMILES string of the molecule is O=S(=O)(Nc1ccc2nc(Cc3ccc(Oc4ccccc4)cc3)[nH]c2c1)c1ccc(S(=O)(=O)c2ccccc2)s1. The number of sulfonamides is 1. The fraction of sp³-hybridized carbons (Fsp3) is 0.0333. The Kier molecular flexibility index (Phi) is 7.08. The van der Waals surface area contributed by atoms with Crippen molar-refractivity contribution in [1.29, 1.82) is 0 Å². The molecule has 2 N–H and O–H groups in total. The van der Waals surface area contributed by atoms with Gasteiger partial charge >= 0.3 is 0 Å². The Hall–Kier alpha value is -4.45. The van der Waals surface area contributed by atoms with E-state index in [1.807, 2.05) is 54.6 Å². The number of hydrogen-bond acceptors (Lipinski definition) is 7. The van der Waals surface area contributed by atoms with Crippen molar-refractivity contribution >= 4 is 47.9 Å². The van der Waals surface area contributed by atoms with Crippen LogP contribution in [0, 0.1) is 0 Å². The molecule has 0 saturated carbocycles. The number of anilines is 1. The molecule has 2 aromatic heterocycles. The van der Waals surface area contributed by atoms with Crippen molar-refractivity contribution in [3.8, 4) is 11.5 Å². The summed E-state index contributed by atoms with van der Waals surface area (Å²) < 4.78 is 60.2. The molecule has 6 aromatic rings. The van der Waals surface area contributed by atoms with E-state index < -0.39 is 19.9 Å². The van der Waals surface area contributed by atoms with Crippen LogP contribution in [0.4, 0.5) is 5.69 Å². The second-order valence-electron chi connectivity index (χ2n) is 9.15. The van der Waals surface area contributed by atoms with Crippen molar-refractivity contribution in [2.45, 2.75) is 19.7 Å². The summed E-state index contributed by atoms with van der Waals surface area (Å²) >= 11 is 0.704. The summed E-state index contributed by atoms with van der Waals surface area (Å²) in [6, 6.07) is 32.8. The molecule has 0 aliphatic heterocycles. The summed E-state index contributed by atoms with van der Waals surface area (Å²) in [6.45, 7) is 0. The van der Waals surface area contributed by atoms with Gasteiger partial charge in [-0.2, -0.15) is 0 Å². The van der Waals surface area contributed by atoms with Crippen LogP contribution in [0.2, 0.25) is 0 Å². The highest BCUT2D eigenvalue weighted by atomic mass is 32.3. The van der Waals surface area contributed by atoms with Crippen molar-refractivity contribution in [1.82, 2.24) is 9.97 Å². The summed E-state index contributed by atoms with van der Waals surface area (Å²) in [5.41, 5.74) is 2.72. The maximum atomic E-state index is 13.1. The first-order valence-corrected chi connectivity index (χ1v) is 16.3. The van der Waals surface area contributed by atoms with Crippen LogP contribution in [-0.4, -0.2) is 26.8 Å². The monoisotopic (exact) mass is 601 g/mol. The minimum Gasteiger partial charge on any atom is -0.457 e. The van der Waals surface area contributed by atoms with E-state index in [4.69, 9.17) is 4.74 Å². The summed E-state index contributed by atoms with van der Waals surface area (Å²) in [4.78, 5) is 7.98. The van der Waals surface area contributed by atoms with E-state index in [0.717, 1.165) is 22.9 Å². The number of imidazole rings is 1. The highest BCUT2D eigenvalue weighted by Gasteiger charge is 2.24. The lowest BCUT2D eigenvalue weighted by Crippen LogP contribution is -2.11. The predicted octanol–water partition coefficient (Wildman–Crippen LogP) is 6.64. The molecule has 4 aromatic carbocycles. The Morgan fingerprint density at radius 2 is 1.39 bits per heavy atom. The summed E-state index contributed by atoms with van der Waals surface area (Å²) in [6.07, 6.45) is 0.551. The smallest absolute Gasteiger partial charge is 0.271 e. The van der Waals surface area contributed by atoms with Crippen LogP contribution in [0.25, 0.3) is 11.0 Å². The van der Waals surface area contributed by atoms with Crippen molar-refractivity contribution in [2.75, 3.05) is 4.72 Å². The van der Waals surface area contributed by atoms with Gasteiger partial charge in [-0.1, -0.05) is 48.5 Å². The van der Waals surface area contributed by atoms with E-state index >= 15 is 0 Å². The van der Waals surface area contributed by atoms with Crippen LogP contribution in [0.3, 0.4) is 0 Å². The molecule has 0 saturated heterocycles. The normalized spacial score (nSPS) is 11.9. The van der Waals surface area contributed by atoms with Crippen LogP contribution in [0.15, 0.2) is 129 Å². The van der Waals surface area contributed by atoms with Crippen molar-refractivity contribution in [3.63, 3.8) is 0 Å². The Bertz CT molecular complexity index is 2040. The minimum absolute atomic E-state index is 0.0441. The van der Waals surface area contributed by atoms with E-state index in [1.165, 1.54) is 24.3 Å². The van der Waals surface area contributed by atoms with Gasteiger partial charge in [-0.25, -0.2) is 21.8 Å². The van der Waals surface area contributed by atoms with Gasteiger partial charge in [0.05, 0.1) is 21.6 Å². The molecule has 0 spiro atoms. The quantitative estimate of drug-likeness (QED) is 0.192. The van der Waals surface area contributed by atoms with Crippen LogP contribution in [0.5, 0.6) is 11.5 Å². The highest BCUT2D eigenvalue weighted by Crippen LogP contribution is 2.31. The molecule has 0 unspecified atom stereocenters. The average molecular weight is 602 g/mol. The van der Waals surface area contributed by atoms with Crippen LogP contribution in [-0.2, 0) is 26.3 Å². The van der Waals surface area contributed by atoms with E-state index in [2.05, 4.69) is 14.7 Å². The Morgan fingerprint density at radius 1 is 0.732 bits per heavy atom. The summed E-state index contributed by atoms with van der Waals surface area (Å²) in [7, 11) is -7.83. The molecule has 11 heteroatoms. The summed E-state index contributed by atoms with van der Waals surface area (Å²) in [5.74, 6) is 2.23. The van der Waals surface area contributed by atoms with Gasteiger partial charge in [0, 0.05) is 6.42 Å². The number of sulfone groups is 1. The molecule has 2 heterocycles. The van der Waals surface area contributed by atoms with Gasteiger partial charge < -0.3 is 9.72 Å². The highest BCUT2D eigenvalue weighted by molar-refractivity contribution is 7.96. The Balaban J connectivity index is 1.16. The minimum atomic E-state index is -4.01. The zero-order chi connectivity index (χ0) is 28.5. The fourth-order valence-electron chi connectivity index (χ4n) is 4.22. The molecule has 206 valence electrons. The number of para-hydroxylation sites is 1. The first-order chi connectivity index (χ1) is 19.8. The Morgan fingerprint density at radius 3 is 2.12 bits per heavy atom.